The third-order valence-corrected chi connectivity index (χ3v) is 4.14. The number of nitrogens with zero attached hydrogens (tertiary/aromatic N) is 4. The number of rotatable bonds is 3. The van der Waals surface area contributed by atoms with Crippen LogP contribution in [-0.2, 0) is 7.05 Å². The molecule has 8 heteroatoms. The van der Waals surface area contributed by atoms with Crippen molar-refractivity contribution in [3.8, 4) is 5.75 Å². The third kappa shape index (κ3) is 2.54. The van der Waals surface area contributed by atoms with E-state index in [9.17, 15) is 9.59 Å². The number of pyridine rings is 1. The smallest absolute Gasteiger partial charge is 0.259 e. The van der Waals surface area contributed by atoms with E-state index in [0.29, 0.717) is 24.4 Å². The highest BCUT2D eigenvalue weighted by atomic mass is 79.9. The summed E-state index contributed by atoms with van der Waals surface area (Å²) < 4.78 is 9.28. The summed E-state index contributed by atoms with van der Waals surface area (Å²) in [6.07, 6.45) is 5.13. The molecule has 0 unspecified atom stereocenters. The Morgan fingerprint density at radius 3 is 2.73 bits per heavy atom. The van der Waals surface area contributed by atoms with Crippen LogP contribution in [0, 0.1) is 0 Å². The predicted molar refractivity (Wildman–Crippen MR) is 83.1 cm³/mol. The van der Waals surface area contributed by atoms with E-state index in [0.717, 1.165) is 4.47 Å². The monoisotopic (exact) mass is 366 g/mol. The van der Waals surface area contributed by atoms with Crippen molar-refractivity contribution >= 4 is 21.8 Å². The minimum atomic E-state index is -0.212. The number of amides is 1. The van der Waals surface area contributed by atoms with Crippen molar-refractivity contribution < 1.29 is 9.53 Å². The fourth-order valence-corrected chi connectivity index (χ4v) is 2.72. The van der Waals surface area contributed by atoms with Gasteiger partial charge in [0.2, 0.25) is 0 Å². The van der Waals surface area contributed by atoms with Crippen LogP contribution < -0.4 is 10.3 Å². The molecule has 0 spiro atoms. The van der Waals surface area contributed by atoms with Crippen molar-refractivity contribution in [3.63, 3.8) is 0 Å². The molecule has 0 radical (unpaired) electrons. The van der Waals surface area contributed by atoms with E-state index in [2.05, 4.69) is 21.0 Å². The number of halogens is 1. The van der Waals surface area contributed by atoms with Crippen LogP contribution in [0.5, 0.6) is 5.75 Å². The van der Waals surface area contributed by atoms with E-state index < -0.39 is 0 Å². The molecule has 1 amide bonds. The van der Waals surface area contributed by atoms with Crippen LogP contribution in [0.2, 0.25) is 0 Å². The van der Waals surface area contributed by atoms with Gasteiger partial charge >= 0.3 is 0 Å². The molecule has 0 N–H and O–H groups in total. The van der Waals surface area contributed by atoms with Gasteiger partial charge in [-0.05, 0) is 15.9 Å². The summed E-state index contributed by atoms with van der Waals surface area (Å²) in [4.78, 5) is 25.9. The lowest BCUT2D eigenvalue weighted by atomic mass is 10.1. The van der Waals surface area contributed by atoms with Gasteiger partial charge in [-0.2, -0.15) is 5.10 Å². The van der Waals surface area contributed by atoms with Crippen LogP contribution in [0.4, 0.5) is 0 Å². The molecule has 2 aromatic heterocycles. The summed E-state index contributed by atoms with van der Waals surface area (Å²) in [5, 5.41) is 4.23. The van der Waals surface area contributed by atoms with E-state index in [-0.39, 0.29) is 17.5 Å². The first kappa shape index (κ1) is 14.8. The van der Waals surface area contributed by atoms with Crippen LogP contribution in [0.15, 0.2) is 33.9 Å². The van der Waals surface area contributed by atoms with Crippen LogP contribution in [0.1, 0.15) is 16.4 Å². The molecule has 1 fully saturated rings. The number of carbonyl (C=O) groups is 1. The van der Waals surface area contributed by atoms with Gasteiger partial charge in [0.25, 0.3) is 11.5 Å². The van der Waals surface area contributed by atoms with E-state index >= 15 is 0 Å². The molecule has 1 saturated heterocycles. The zero-order valence-electron chi connectivity index (χ0n) is 12.2. The molecule has 3 heterocycles. The van der Waals surface area contributed by atoms with Gasteiger partial charge in [-0.3, -0.25) is 14.3 Å². The summed E-state index contributed by atoms with van der Waals surface area (Å²) in [5.74, 6) is 0.160. The summed E-state index contributed by atoms with van der Waals surface area (Å²) in [5.41, 5.74) is 0.181. The Balaban J connectivity index is 1.76. The molecule has 0 aliphatic carbocycles. The van der Waals surface area contributed by atoms with E-state index in [4.69, 9.17) is 4.74 Å². The zero-order chi connectivity index (χ0) is 15.9. The Kier molecular flexibility index (Phi) is 3.78. The second-order valence-corrected chi connectivity index (χ2v) is 6.12. The summed E-state index contributed by atoms with van der Waals surface area (Å²) >= 11 is 3.36. The highest BCUT2D eigenvalue weighted by Gasteiger charge is 2.34. The lowest BCUT2D eigenvalue weighted by molar-refractivity contribution is 0.0497. The second kappa shape index (κ2) is 5.60. The van der Waals surface area contributed by atoms with Gasteiger partial charge in [0.1, 0.15) is 5.75 Å². The molecule has 0 saturated carbocycles. The van der Waals surface area contributed by atoms with Crippen LogP contribution in [0.3, 0.4) is 0 Å². The summed E-state index contributed by atoms with van der Waals surface area (Å²) in [7, 11) is 3.06. The normalized spacial score (nSPS) is 14.8. The molecule has 7 nitrogen and oxygen atoms in total. The lowest BCUT2D eigenvalue weighted by Gasteiger charge is -2.39. The number of likely N-dealkylation sites (tertiary alicyclic amines) is 1. The summed E-state index contributed by atoms with van der Waals surface area (Å²) in [6, 6.07) is 1.50. The van der Waals surface area contributed by atoms with E-state index in [1.165, 1.54) is 23.9 Å². The quantitative estimate of drug-likeness (QED) is 0.813. The highest BCUT2D eigenvalue weighted by Crippen LogP contribution is 2.26. The van der Waals surface area contributed by atoms with Crippen molar-refractivity contribution in [1.82, 2.24) is 19.2 Å². The maximum Gasteiger partial charge on any atom is 0.259 e. The standard InChI is InChI=1S/C14H15BrN4O3/c1-17-8-11(12(22-2)3-13(17)20)14(21)18-6-10(7-18)19-5-9(15)4-16-19/h3-5,8,10H,6-7H2,1-2H3. The number of methoxy groups -OCH3 is 1. The molecule has 0 atom stereocenters. The van der Waals surface area contributed by atoms with Gasteiger partial charge in [0.05, 0.1) is 29.4 Å². The SMILES string of the molecule is COc1cc(=O)n(C)cc1C(=O)N1CC(n2cc(Br)cn2)C1. The first-order valence-corrected chi connectivity index (χ1v) is 7.52. The Morgan fingerprint density at radius 2 is 2.14 bits per heavy atom. The molecule has 0 bridgehead atoms. The first-order valence-electron chi connectivity index (χ1n) is 6.73. The fraction of sp³-hybridized carbons (Fsp3) is 0.357. The average molecular weight is 367 g/mol. The van der Waals surface area contributed by atoms with Gasteiger partial charge in [0, 0.05) is 38.6 Å². The molecule has 0 aromatic carbocycles. The number of carbonyl (C=O) groups excluding carboxylic acids is 1. The summed E-state index contributed by atoms with van der Waals surface area (Å²) in [6.45, 7) is 1.16. The van der Waals surface area contributed by atoms with Crippen LogP contribution in [0.25, 0.3) is 0 Å². The number of aromatic nitrogens is 3. The van der Waals surface area contributed by atoms with Gasteiger partial charge in [0.15, 0.2) is 0 Å². The molecule has 1 aliphatic rings. The van der Waals surface area contributed by atoms with Crippen molar-refractivity contribution in [2.75, 3.05) is 20.2 Å². The molecule has 116 valence electrons. The largest absolute Gasteiger partial charge is 0.496 e. The zero-order valence-corrected chi connectivity index (χ0v) is 13.8. The van der Waals surface area contributed by atoms with Crippen LogP contribution in [-0.4, -0.2) is 45.4 Å². The Hall–Kier alpha value is -2.09. The molecule has 2 aromatic rings. The number of ether oxygens (including phenoxy) is 1. The van der Waals surface area contributed by atoms with Crippen molar-refractivity contribution in [1.29, 1.82) is 0 Å². The van der Waals surface area contributed by atoms with Gasteiger partial charge in [-0.1, -0.05) is 0 Å². The fourth-order valence-electron chi connectivity index (χ4n) is 2.42. The average Bonchev–Trinajstić information content (AvgIpc) is 2.85. The van der Waals surface area contributed by atoms with Crippen LogP contribution >= 0.6 is 15.9 Å². The van der Waals surface area contributed by atoms with Crippen molar-refractivity contribution in [3.05, 3.63) is 45.0 Å². The second-order valence-electron chi connectivity index (χ2n) is 5.21. The minimum absolute atomic E-state index is 0.144. The number of hydrogen-bond donors (Lipinski definition) is 0. The molecular formula is C14H15BrN4O3. The highest BCUT2D eigenvalue weighted by molar-refractivity contribution is 9.10. The van der Waals surface area contributed by atoms with Gasteiger partial charge < -0.3 is 14.2 Å². The first-order chi connectivity index (χ1) is 10.5. The molecular weight excluding hydrogens is 352 g/mol. The molecule has 3 rings (SSSR count). The molecule has 22 heavy (non-hydrogen) atoms. The topological polar surface area (TPSA) is 69.4 Å². The maximum absolute atomic E-state index is 12.5. The van der Waals surface area contributed by atoms with Gasteiger partial charge in [-0.15, -0.1) is 0 Å². The van der Waals surface area contributed by atoms with Gasteiger partial charge in [-0.25, -0.2) is 0 Å². The molecule has 1 aliphatic heterocycles. The Morgan fingerprint density at radius 1 is 1.41 bits per heavy atom. The van der Waals surface area contributed by atoms with Crippen molar-refractivity contribution in [2.24, 2.45) is 7.05 Å². The predicted octanol–water partition coefficient (Wildman–Crippen LogP) is 1.05. The van der Waals surface area contributed by atoms with Crippen molar-refractivity contribution in [2.45, 2.75) is 6.04 Å². The lowest BCUT2D eigenvalue weighted by Crippen LogP contribution is -2.51. The Labute approximate surface area is 135 Å². The minimum Gasteiger partial charge on any atom is -0.496 e. The van der Waals surface area contributed by atoms with E-state index in [1.54, 1.807) is 18.1 Å². The number of hydrogen-bond acceptors (Lipinski definition) is 4. The Bertz CT molecular complexity index is 777. The third-order valence-electron chi connectivity index (χ3n) is 3.73. The number of aryl methyl sites for hydroxylation is 1. The van der Waals surface area contributed by atoms with E-state index in [1.807, 2.05) is 10.9 Å². The maximum atomic E-state index is 12.5.